The first kappa shape index (κ1) is 13.0. The largest absolute Gasteiger partial charge is 0.481 e. The number of benzene rings is 1. The molecule has 0 saturated carbocycles. The number of nitrogens with zero attached hydrogens (tertiary/aromatic N) is 2. The molecule has 1 aromatic heterocycles. The van der Waals surface area contributed by atoms with Gasteiger partial charge in [-0.15, -0.1) is 10.2 Å². The summed E-state index contributed by atoms with van der Waals surface area (Å²) >= 11 is 9.40. The van der Waals surface area contributed by atoms with Crippen molar-refractivity contribution in [3.8, 4) is 11.5 Å². The molecule has 0 aliphatic heterocycles. The van der Waals surface area contributed by atoms with Gasteiger partial charge in [-0.25, -0.2) is 0 Å². The summed E-state index contributed by atoms with van der Waals surface area (Å²) in [6, 6.07) is 5.35. The van der Waals surface area contributed by atoms with Gasteiger partial charge in [0.05, 0.1) is 17.0 Å². The van der Waals surface area contributed by atoms with Crippen molar-refractivity contribution in [2.75, 3.05) is 0 Å². The van der Waals surface area contributed by atoms with Crippen LogP contribution in [-0.4, -0.2) is 21.3 Å². The van der Waals surface area contributed by atoms with Gasteiger partial charge in [0.15, 0.2) is 0 Å². The Morgan fingerprint density at radius 3 is 2.94 bits per heavy atom. The van der Waals surface area contributed by atoms with Crippen molar-refractivity contribution in [1.82, 2.24) is 10.2 Å². The molecule has 2 rings (SSSR count). The zero-order chi connectivity index (χ0) is 13.1. The minimum Gasteiger partial charge on any atom is -0.481 e. The van der Waals surface area contributed by atoms with Crippen LogP contribution in [0.2, 0.25) is 5.02 Å². The monoisotopic (exact) mass is 330 g/mol. The van der Waals surface area contributed by atoms with E-state index in [1.165, 1.54) is 0 Å². The third-order valence-corrected chi connectivity index (χ3v) is 3.50. The standard InChI is InChI=1S/C11H8BrClN2O3/c12-7-3-1-2-6(10(7)13)11-15-14-8(18-11)4-5-9(16)17/h1-3H,4-5H2,(H,16,17). The third-order valence-electron chi connectivity index (χ3n) is 2.20. The first-order chi connectivity index (χ1) is 8.58. The topological polar surface area (TPSA) is 76.2 Å². The van der Waals surface area contributed by atoms with Crippen molar-refractivity contribution >= 4 is 33.5 Å². The van der Waals surface area contributed by atoms with Gasteiger partial charge in [0.25, 0.3) is 0 Å². The van der Waals surface area contributed by atoms with Gasteiger partial charge < -0.3 is 9.52 Å². The first-order valence-corrected chi connectivity index (χ1v) is 6.23. The molecule has 0 bridgehead atoms. The van der Waals surface area contributed by atoms with E-state index in [0.29, 0.717) is 10.6 Å². The van der Waals surface area contributed by atoms with Gasteiger partial charge in [-0.1, -0.05) is 17.7 Å². The van der Waals surface area contributed by atoms with E-state index in [1.54, 1.807) is 18.2 Å². The lowest BCUT2D eigenvalue weighted by molar-refractivity contribution is -0.137. The summed E-state index contributed by atoms with van der Waals surface area (Å²) in [6.45, 7) is 0. The molecule has 0 fully saturated rings. The predicted octanol–water partition coefficient (Wildman–Crippen LogP) is 3.17. The molecule has 7 heteroatoms. The van der Waals surface area contributed by atoms with E-state index in [-0.39, 0.29) is 24.6 Å². The summed E-state index contributed by atoms with van der Waals surface area (Å²) in [7, 11) is 0. The summed E-state index contributed by atoms with van der Waals surface area (Å²) in [6.07, 6.45) is 0.155. The van der Waals surface area contributed by atoms with Gasteiger partial charge in [0.1, 0.15) is 0 Å². The number of rotatable bonds is 4. The van der Waals surface area contributed by atoms with E-state index in [2.05, 4.69) is 26.1 Å². The molecule has 2 aromatic rings. The smallest absolute Gasteiger partial charge is 0.303 e. The maximum absolute atomic E-state index is 10.4. The van der Waals surface area contributed by atoms with E-state index >= 15 is 0 Å². The van der Waals surface area contributed by atoms with Crippen molar-refractivity contribution in [3.05, 3.63) is 33.6 Å². The minimum atomic E-state index is -0.907. The van der Waals surface area contributed by atoms with Gasteiger partial charge in [0, 0.05) is 10.9 Å². The number of carboxylic acids is 1. The Hall–Kier alpha value is -1.40. The lowest BCUT2D eigenvalue weighted by Gasteiger charge is -2.00. The lowest BCUT2D eigenvalue weighted by atomic mass is 10.2. The average molecular weight is 332 g/mol. The second kappa shape index (κ2) is 5.49. The van der Waals surface area contributed by atoms with Crippen LogP contribution in [0.5, 0.6) is 0 Å². The van der Waals surface area contributed by atoms with Crippen molar-refractivity contribution in [1.29, 1.82) is 0 Å². The number of aromatic nitrogens is 2. The minimum absolute atomic E-state index is 0.0478. The number of aliphatic carboxylic acids is 1. The summed E-state index contributed by atoms with van der Waals surface area (Å²) < 4.78 is 6.09. The van der Waals surface area contributed by atoms with E-state index in [0.717, 1.165) is 4.47 Å². The van der Waals surface area contributed by atoms with Gasteiger partial charge in [-0.2, -0.15) is 0 Å². The normalized spacial score (nSPS) is 10.6. The van der Waals surface area contributed by atoms with E-state index in [9.17, 15) is 4.79 Å². The molecule has 5 nitrogen and oxygen atoms in total. The van der Waals surface area contributed by atoms with Crippen LogP contribution in [0, 0.1) is 0 Å². The van der Waals surface area contributed by atoms with Crippen LogP contribution in [-0.2, 0) is 11.2 Å². The Labute approximate surface area is 116 Å². The highest BCUT2D eigenvalue weighted by Crippen LogP contribution is 2.32. The highest BCUT2D eigenvalue weighted by atomic mass is 79.9. The highest BCUT2D eigenvalue weighted by molar-refractivity contribution is 9.10. The highest BCUT2D eigenvalue weighted by Gasteiger charge is 2.14. The molecule has 0 aliphatic carbocycles. The number of carboxylic acid groups (broad SMARTS) is 1. The molecule has 0 aliphatic rings. The maximum atomic E-state index is 10.4. The number of aryl methyl sites for hydroxylation is 1. The molecule has 0 spiro atoms. The molecule has 0 radical (unpaired) electrons. The molecular formula is C11H8BrClN2O3. The van der Waals surface area contributed by atoms with Crippen LogP contribution in [0.4, 0.5) is 0 Å². The van der Waals surface area contributed by atoms with Crippen LogP contribution < -0.4 is 0 Å². The number of halogens is 2. The average Bonchev–Trinajstić information content (AvgIpc) is 2.78. The van der Waals surface area contributed by atoms with Crippen LogP contribution in [0.1, 0.15) is 12.3 Å². The van der Waals surface area contributed by atoms with Crippen LogP contribution >= 0.6 is 27.5 Å². The van der Waals surface area contributed by atoms with Gasteiger partial charge in [-0.05, 0) is 28.1 Å². The third kappa shape index (κ3) is 2.88. The van der Waals surface area contributed by atoms with Crippen molar-refractivity contribution in [2.24, 2.45) is 0 Å². The summed E-state index contributed by atoms with van der Waals surface area (Å²) in [5.74, 6) is -0.347. The fourth-order valence-electron chi connectivity index (χ4n) is 1.35. The second-order valence-electron chi connectivity index (χ2n) is 3.50. The lowest BCUT2D eigenvalue weighted by Crippen LogP contribution is -1.97. The molecule has 94 valence electrons. The number of hydrogen-bond donors (Lipinski definition) is 1. The zero-order valence-corrected chi connectivity index (χ0v) is 11.4. The molecule has 1 heterocycles. The fraction of sp³-hybridized carbons (Fsp3) is 0.182. The van der Waals surface area contributed by atoms with Crippen molar-refractivity contribution < 1.29 is 14.3 Å². The molecule has 0 atom stereocenters. The maximum Gasteiger partial charge on any atom is 0.303 e. The Kier molecular flexibility index (Phi) is 3.98. The van der Waals surface area contributed by atoms with Crippen LogP contribution in [0.15, 0.2) is 27.1 Å². The Balaban J connectivity index is 2.24. The summed E-state index contributed by atoms with van der Waals surface area (Å²) in [4.78, 5) is 10.4. The molecule has 0 unspecified atom stereocenters. The first-order valence-electron chi connectivity index (χ1n) is 5.06. The second-order valence-corrected chi connectivity index (χ2v) is 4.73. The number of carbonyl (C=O) groups is 1. The SMILES string of the molecule is O=C(O)CCc1nnc(-c2cccc(Br)c2Cl)o1. The Bertz CT molecular complexity index is 585. The van der Waals surface area contributed by atoms with Gasteiger partial charge in [0.2, 0.25) is 11.8 Å². The van der Waals surface area contributed by atoms with Gasteiger partial charge in [-0.3, -0.25) is 4.79 Å². The molecule has 1 aromatic carbocycles. The molecular weight excluding hydrogens is 323 g/mol. The van der Waals surface area contributed by atoms with E-state index in [1.807, 2.05) is 0 Å². The fourth-order valence-corrected chi connectivity index (χ4v) is 1.92. The van der Waals surface area contributed by atoms with Crippen molar-refractivity contribution in [2.45, 2.75) is 12.8 Å². The summed E-state index contributed by atoms with van der Waals surface area (Å²) in [5, 5.41) is 16.7. The number of hydrogen-bond acceptors (Lipinski definition) is 4. The molecule has 0 amide bonds. The molecule has 0 saturated heterocycles. The van der Waals surface area contributed by atoms with Crippen LogP contribution in [0.3, 0.4) is 0 Å². The van der Waals surface area contributed by atoms with E-state index < -0.39 is 5.97 Å². The van der Waals surface area contributed by atoms with Crippen LogP contribution in [0.25, 0.3) is 11.5 Å². The molecule has 18 heavy (non-hydrogen) atoms. The quantitative estimate of drug-likeness (QED) is 0.931. The zero-order valence-electron chi connectivity index (χ0n) is 9.06. The van der Waals surface area contributed by atoms with E-state index in [4.69, 9.17) is 21.1 Å². The van der Waals surface area contributed by atoms with Gasteiger partial charge >= 0.3 is 5.97 Å². The van der Waals surface area contributed by atoms with Crippen molar-refractivity contribution in [3.63, 3.8) is 0 Å². The predicted molar refractivity (Wildman–Crippen MR) is 68.4 cm³/mol. The summed E-state index contributed by atoms with van der Waals surface area (Å²) in [5.41, 5.74) is 0.611. The Morgan fingerprint density at radius 1 is 1.44 bits per heavy atom. The Morgan fingerprint density at radius 2 is 2.22 bits per heavy atom. The molecule has 1 N–H and O–H groups in total.